The molecular weight excluding hydrogens is 357 g/mol. The Hall–Kier alpha value is -1.79. The van der Waals surface area contributed by atoms with Crippen LogP contribution in [0.3, 0.4) is 0 Å². The van der Waals surface area contributed by atoms with Crippen LogP contribution < -0.4 is 10.6 Å². The zero-order valence-electron chi connectivity index (χ0n) is 12.7. The summed E-state index contributed by atoms with van der Waals surface area (Å²) in [6, 6.07) is 12.4. The quantitative estimate of drug-likeness (QED) is 0.551. The van der Waals surface area contributed by atoms with Gasteiger partial charge in [0.05, 0.1) is 5.56 Å². The van der Waals surface area contributed by atoms with Crippen molar-refractivity contribution < 1.29 is 13.2 Å². The van der Waals surface area contributed by atoms with Gasteiger partial charge in [-0.15, -0.1) is 0 Å². The van der Waals surface area contributed by atoms with E-state index in [0.29, 0.717) is 17.3 Å². The van der Waals surface area contributed by atoms with Crippen LogP contribution in [-0.2, 0) is 12.6 Å². The molecule has 0 aliphatic heterocycles. The summed E-state index contributed by atoms with van der Waals surface area (Å²) in [6.45, 7) is 0.637. The predicted molar refractivity (Wildman–Crippen MR) is 95.4 cm³/mol. The number of nitrogens with one attached hydrogen (secondary N) is 2. The van der Waals surface area contributed by atoms with Gasteiger partial charge in [-0.25, -0.2) is 0 Å². The van der Waals surface area contributed by atoms with Gasteiger partial charge in [0.15, 0.2) is 5.11 Å². The Bertz CT molecular complexity index is 687. The van der Waals surface area contributed by atoms with E-state index in [0.717, 1.165) is 35.6 Å². The summed E-state index contributed by atoms with van der Waals surface area (Å²) in [5.41, 5.74) is 0.890. The number of rotatable bonds is 5. The zero-order valence-corrected chi connectivity index (χ0v) is 14.2. The lowest BCUT2D eigenvalue weighted by Crippen LogP contribution is -2.29. The Labute approximate surface area is 149 Å². The molecule has 128 valence electrons. The van der Waals surface area contributed by atoms with Crippen molar-refractivity contribution in [1.29, 1.82) is 0 Å². The van der Waals surface area contributed by atoms with E-state index in [1.54, 1.807) is 0 Å². The van der Waals surface area contributed by atoms with Gasteiger partial charge in [0, 0.05) is 17.3 Å². The first kappa shape index (κ1) is 18.5. The second-order valence-electron chi connectivity index (χ2n) is 5.15. The molecule has 2 aromatic carbocycles. The average molecular weight is 373 g/mol. The second-order valence-corrected chi connectivity index (χ2v) is 5.97. The van der Waals surface area contributed by atoms with Crippen LogP contribution in [0.2, 0.25) is 5.02 Å². The van der Waals surface area contributed by atoms with E-state index < -0.39 is 11.7 Å². The topological polar surface area (TPSA) is 24.1 Å². The lowest BCUT2D eigenvalue weighted by molar-refractivity contribution is -0.137. The summed E-state index contributed by atoms with van der Waals surface area (Å²) in [7, 11) is 0. The monoisotopic (exact) mass is 372 g/mol. The van der Waals surface area contributed by atoms with Crippen LogP contribution >= 0.6 is 23.8 Å². The van der Waals surface area contributed by atoms with E-state index >= 15 is 0 Å². The van der Waals surface area contributed by atoms with Crippen LogP contribution in [0.25, 0.3) is 0 Å². The van der Waals surface area contributed by atoms with Gasteiger partial charge in [-0.05, 0) is 61.0 Å². The molecule has 0 amide bonds. The number of hydrogen-bond acceptors (Lipinski definition) is 1. The molecule has 0 aliphatic carbocycles. The smallest absolute Gasteiger partial charge is 0.362 e. The highest BCUT2D eigenvalue weighted by Crippen LogP contribution is 2.29. The van der Waals surface area contributed by atoms with Crippen molar-refractivity contribution in [3.8, 4) is 0 Å². The van der Waals surface area contributed by atoms with Crippen molar-refractivity contribution in [3.63, 3.8) is 0 Å². The number of anilines is 1. The molecule has 0 radical (unpaired) electrons. The number of halogens is 4. The van der Waals surface area contributed by atoms with Gasteiger partial charge in [0.25, 0.3) is 0 Å². The van der Waals surface area contributed by atoms with Gasteiger partial charge >= 0.3 is 6.18 Å². The molecule has 7 heteroatoms. The van der Waals surface area contributed by atoms with Crippen molar-refractivity contribution in [2.24, 2.45) is 0 Å². The molecule has 2 rings (SSSR count). The summed E-state index contributed by atoms with van der Waals surface area (Å²) in [6.07, 6.45) is -2.69. The van der Waals surface area contributed by atoms with Crippen molar-refractivity contribution in [1.82, 2.24) is 5.32 Å². The van der Waals surface area contributed by atoms with Crippen molar-refractivity contribution in [2.45, 2.75) is 19.0 Å². The van der Waals surface area contributed by atoms with Gasteiger partial charge in [-0.2, -0.15) is 13.2 Å². The maximum Gasteiger partial charge on any atom is 0.416 e. The van der Waals surface area contributed by atoms with Gasteiger partial charge < -0.3 is 10.6 Å². The molecule has 0 spiro atoms. The van der Waals surface area contributed by atoms with E-state index in [4.69, 9.17) is 23.8 Å². The molecule has 0 aliphatic rings. The number of benzene rings is 2. The van der Waals surface area contributed by atoms with Crippen molar-refractivity contribution >= 4 is 34.6 Å². The number of alkyl halides is 3. The van der Waals surface area contributed by atoms with Gasteiger partial charge in [-0.1, -0.05) is 29.8 Å². The highest BCUT2D eigenvalue weighted by molar-refractivity contribution is 7.80. The van der Waals surface area contributed by atoms with E-state index in [9.17, 15) is 13.2 Å². The first-order valence-corrected chi connectivity index (χ1v) is 8.10. The first-order valence-electron chi connectivity index (χ1n) is 7.32. The molecule has 0 bridgehead atoms. The van der Waals surface area contributed by atoms with Crippen LogP contribution in [-0.4, -0.2) is 11.7 Å². The lowest BCUT2D eigenvalue weighted by atomic mass is 10.1. The standard InChI is InChI=1S/C17H16ClF3N2S/c18-15-6-2-1-4-12(15)5-3-11-22-16(24)23-14-9-7-13(8-10-14)17(19,20)21/h1-2,4,6-10H,3,5,11H2,(H2,22,23,24). The van der Waals surface area contributed by atoms with E-state index in [2.05, 4.69) is 10.6 Å². The highest BCUT2D eigenvalue weighted by Gasteiger charge is 2.29. The summed E-state index contributed by atoms with van der Waals surface area (Å²) in [5.74, 6) is 0. The fourth-order valence-electron chi connectivity index (χ4n) is 2.10. The molecule has 0 fully saturated rings. The molecule has 0 saturated carbocycles. The fraction of sp³-hybridized carbons (Fsp3) is 0.235. The van der Waals surface area contributed by atoms with E-state index in [-0.39, 0.29) is 0 Å². The molecule has 0 heterocycles. The van der Waals surface area contributed by atoms with Crippen molar-refractivity contribution in [3.05, 3.63) is 64.7 Å². The number of thiocarbonyl (C=S) groups is 1. The Morgan fingerprint density at radius 1 is 1.04 bits per heavy atom. The third-order valence-corrected chi connectivity index (χ3v) is 3.95. The van der Waals surface area contributed by atoms with Gasteiger partial charge in [0.1, 0.15) is 0 Å². The van der Waals surface area contributed by atoms with Gasteiger partial charge in [-0.3, -0.25) is 0 Å². The summed E-state index contributed by atoms with van der Waals surface area (Å²) in [4.78, 5) is 0. The van der Waals surface area contributed by atoms with Crippen LogP contribution in [0.1, 0.15) is 17.5 Å². The average Bonchev–Trinajstić information content (AvgIpc) is 2.53. The molecule has 2 N–H and O–H groups in total. The highest BCUT2D eigenvalue weighted by atomic mass is 35.5. The third-order valence-electron chi connectivity index (χ3n) is 3.34. The molecule has 0 saturated heterocycles. The Balaban J connectivity index is 1.74. The minimum Gasteiger partial charge on any atom is -0.362 e. The summed E-state index contributed by atoms with van der Waals surface area (Å²) in [5, 5.41) is 6.99. The lowest BCUT2D eigenvalue weighted by Gasteiger charge is -2.12. The number of hydrogen-bond donors (Lipinski definition) is 2. The molecule has 2 nitrogen and oxygen atoms in total. The minimum absolute atomic E-state index is 0.369. The molecular formula is C17H16ClF3N2S. The SMILES string of the molecule is FC(F)(F)c1ccc(NC(=S)NCCCc2ccccc2Cl)cc1. The van der Waals surface area contributed by atoms with E-state index in [1.165, 1.54) is 12.1 Å². The van der Waals surface area contributed by atoms with Crippen LogP contribution in [0.15, 0.2) is 48.5 Å². The van der Waals surface area contributed by atoms with Gasteiger partial charge in [0.2, 0.25) is 0 Å². The summed E-state index contributed by atoms with van der Waals surface area (Å²) >= 11 is 11.2. The van der Waals surface area contributed by atoms with Crippen LogP contribution in [0, 0.1) is 0 Å². The summed E-state index contributed by atoms with van der Waals surface area (Å²) < 4.78 is 37.5. The van der Waals surface area contributed by atoms with Crippen LogP contribution in [0.4, 0.5) is 18.9 Å². The Morgan fingerprint density at radius 2 is 1.71 bits per heavy atom. The number of aryl methyl sites for hydroxylation is 1. The molecule has 0 unspecified atom stereocenters. The predicted octanol–water partition coefficient (Wildman–Crippen LogP) is 5.28. The second kappa shape index (κ2) is 8.35. The molecule has 2 aromatic rings. The molecule has 0 aromatic heterocycles. The Kier molecular flexibility index (Phi) is 6.45. The maximum absolute atomic E-state index is 12.5. The molecule has 0 atom stereocenters. The fourth-order valence-corrected chi connectivity index (χ4v) is 2.55. The minimum atomic E-state index is -4.34. The molecule has 24 heavy (non-hydrogen) atoms. The normalized spacial score (nSPS) is 11.2. The van der Waals surface area contributed by atoms with Crippen molar-refractivity contribution in [2.75, 3.05) is 11.9 Å². The Morgan fingerprint density at radius 3 is 2.33 bits per heavy atom. The first-order chi connectivity index (χ1) is 11.4. The maximum atomic E-state index is 12.5. The van der Waals surface area contributed by atoms with E-state index in [1.807, 2.05) is 24.3 Å². The third kappa shape index (κ3) is 5.69. The van der Waals surface area contributed by atoms with Crippen LogP contribution in [0.5, 0.6) is 0 Å². The largest absolute Gasteiger partial charge is 0.416 e. The zero-order chi connectivity index (χ0) is 17.6.